The summed E-state index contributed by atoms with van der Waals surface area (Å²) in [5.74, 6) is -0.211. The van der Waals surface area contributed by atoms with Gasteiger partial charge in [-0.3, -0.25) is 4.55 Å². The van der Waals surface area contributed by atoms with E-state index in [9.17, 15) is 8.42 Å². The van der Waals surface area contributed by atoms with E-state index in [2.05, 4.69) is 0 Å². The molecular formula is C8H11KO3S. The van der Waals surface area contributed by atoms with Crippen molar-refractivity contribution in [3.8, 4) is 0 Å². The molecule has 0 aliphatic rings. The SMILES string of the molecule is O=S(=O)(O)CCc1ccccc1.[KH]. The van der Waals surface area contributed by atoms with Gasteiger partial charge in [-0.15, -0.1) is 0 Å². The summed E-state index contributed by atoms with van der Waals surface area (Å²) in [5.41, 5.74) is 0.912. The fraction of sp³-hybridized carbons (Fsp3) is 0.250. The molecule has 0 radical (unpaired) electrons. The van der Waals surface area contributed by atoms with Gasteiger partial charge in [0.15, 0.2) is 0 Å². The van der Waals surface area contributed by atoms with Crippen LogP contribution in [-0.4, -0.2) is 70.1 Å². The summed E-state index contributed by atoms with van der Waals surface area (Å²) in [5, 5.41) is 0. The van der Waals surface area contributed by atoms with Crippen molar-refractivity contribution in [2.45, 2.75) is 6.42 Å². The van der Waals surface area contributed by atoms with Gasteiger partial charge in [-0.2, -0.15) is 8.42 Å². The molecule has 1 rings (SSSR count). The van der Waals surface area contributed by atoms with Crippen LogP contribution in [0.3, 0.4) is 0 Å². The minimum absolute atomic E-state index is 0. The first kappa shape index (κ1) is 13.8. The van der Waals surface area contributed by atoms with Gasteiger partial charge in [-0.25, -0.2) is 0 Å². The Balaban J connectivity index is 0.00000144. The zero-order chi connectivity index (χ0) is 9.03. The third-order valence-corrected chi connectivity index (χ3v) is 2.21. The number of rotatable bonds is 3. The monoisotopic (exact) mass is 226 g/mol. The van der Waals surface area contributed by atoms with Crippen LogP contribution in [-0.2, 0) is 16.5 Å². The van der Waals surface area contributed by atoms with E-state index in [1.165, 1.54) is 0 Å². The van der Waals surface area contributed by atoms with E-state index in [4.69, 9.17) is 4.55 Å². The molecule has 1 aromatic carbocycles. The van der Waals surface area contributed by atoms with Crippen molar-refractivity contribution in [3.63, 3.8) is 0 Å². The van der Waals surface area contributed by atoms with Gasteiger partial charge in [0.2, 0.25) is 0 Å². The molecule has 0 amide bonds. The van der Waals surface area contributed by atoms with Gasteiger partial charge >= 0.3 is 51.4 Å². The Labute approximate surface area is 121 Å². The van der Waals surface area contributed by atoms with E-state index in [1.807, 2.05) is 30.3 Å². The van der Waals surface area contributed by atoms with Crippen molar-refractivity contribution in [2.75, 3.05) is 5.75 Å². The third kappa shape index (κ3) is 6.79. The van der Waals surface area contributed by atoms with Crippen LogP contribution in [0.5, 0.6) is 0 Å². The molecule has 13 heavy (non-hydrogen) atoms. The normalized spacial score (nSPS) is 10.5. The molecule has 0 aliphatic heterocycles. The van der Waals surface area contributed by atoms with Gasteiger partial charge in [0, 0.05) is 0 Å². The van der Waals surface area contributed by atoms with Crippen LogP contribution in [0, 0.1) is 0 Å². The molecule has 5 heteroatoms. The van der Waals surface area contributed by atoms with Gasteiger partial charge in [-0.05, 0) is 12.0 Å². The van der Waals surface area contributed by atoms with Crippen molar-refractivity contribution < 1.29 is 13.0 Å². The first-order chi connectivity index (χ1) is 5.58. The second kappa shape index (κ2) is 6.29. The van der Waals surface area contributed by atoms with Crippen LogP contribution in [0.25, 0.3) is 0 Å². The molecule has 0 saturated heterocycles. The molecule has 68 valence electrons. The summed E-state index contributed by atoms with van der Waals surface area (Å²) >= 11 is 0. The van der Waals surface area contributed by atoms with E-state index in [0.29, 0.717) is 6.42 Å². The molecule has 0 bridgehead atoms. The standard InChI is InChI=1S/C8H10O3S.K.H/c9-12(10,11)7-6-8-4-2-1-3-5-8;;/h1-5H,6-7H2,(H,9,10,11);;. The molecule has 0 aliphatic carbocycles. The van der Waals surface area contributed by atoms with E-state index < -0.39 is 10.1 Å². The van der Waals surface area contributed by atoms with Crippen LogP contribution in [0.15, 0.2) is 30.3 Å². The van der Waals surface area contributed by atoms with E-state index in [0.717, 1.165) is 5.56 Å². The Morgan fingerprint density at radius 2 is 1.69 bits per heavy atom. The number of aryl methyl sites for hydroxylation is 1. The first-order valence-corrected chi connectivity index (χ1v) is 5.18. The molecule has 1 N–H and O–H groups in total. The van der Waals surface area contributed by atoms with E-state index >= 15 is 0 Å². The predicted octanol–water partition coefficient (Wildman–Crippen LogP) is 0.468. The molecule has 0 unspecified atom stereocenters. The van der Waals surface area contributed by atoms with E-state index in [-0.39, 0.29) is 57.1 Å². The third-order valence-electron chi connectivity index (χ3n) is 1.49. The number of benzene rings is 1. The molecule has 3 nitrogen and oxygen atoms in total. The van der Waals surface area contributed by atoms with Gasteiger partial charge in [0.25, 0.3) is 10.1 Å². The first-order valence-electron chi connectivity index (χ1n) is 3.57. The summed E-state index contributed by atoms with van der Waals surface area (Å²) in [6, 6.07) is 9.17. The van der Waals surface area contributed by atoms with Gasteiger partial charge in [0.05, 0.1) is 5.75 Å². The molecule has 0 aromatic heterocycles. The molecule has 0 spiro atoms. The quantitative estimate of drug-likeness (QED) is 0.602. The zero-order valence-corrected chi connectivity index (χ0v) is 7.29. The van der Waals surface area contributed by atoms with Crippen LogP contribution in [0.1, 0.15) is 5.56 Å². The summed E-state index contributed by atoms with van der Waals surface area (Å²) in [6.45, 7) is 0. The van der Waals surface area contributed by atoms with Crippen LogP contribution in [0.4, 0.5) is 0 Å². The second-order valence-electron chi connectivity index (χ2n) is 2.52. The average Bonchev–Trinajstić information content (AvgIpc) is 2.02. The van der Waals surface area contributed by atoms with Gasteiger partial charge in [-0.1, -0.05) is 30.3 Å². The molecule has 0 saturated carbocycles. The van der Waals surface area contributed by atoms with Crippen LogP contribution < -0.4 is 0 Å². The number of hydrogen-bond donors (Lipinski definition) is 1. The van der Waals surface area contributed by atoms with Crippen molar-refractivity contribution in [1.82, 2.24) is 0 Å². The predicted molar refractivity (Wildman–Crippen MR) is 53.7 cm³/mol. The summed E-state index contributed by atoms with van der Waals surface area (Å²) in [7, 11) is -3.82. The van der Waals surface area contributed by atoms with Crippen LogP contribution in [0.2, 0.25) is 0 Å². The fourth-order valence-corrected chi connectivity index (χ4v) is 1.39. The Morgan fingerprint density at radius 3 is 2.15 bits per heavy atom. The second-order valence-corrected chi connectivity index (χ2v) is 4.09. The Hall–Kier alpha value is 0.766. The average molecular weight is 226 g/mol. The van der Waals surface area contributed by atoms with Crippen molar-refractivity contribution >= 4 is 61.5 Å². The molecule has 0 atom stereocenters. The Bertz CT molecular complexity index is 334. The van der Waals surface area contributed by atoms with Crippen molar-refractivity contribution in [2.24, 2.45) is 0 Å². The maximum atomic E-state index is 10.4. The maximum absolute atomic E-state index is 10.4. The van der Waals surface area contributed by atoms with Gasteiger partial charge in [0.1, 0.15) is 0 Å². The minimum atomic E-state index is -3.82. The van der Waals surface area contributed by atoms with Crippen molar-refractivity contribution in [3.05, 3.63) is 35.9 Å². The molecule has 0 heterocycles. The molecular weight excluding hydrogens is 215 g/mol. The summed E-state index contributed by atoms with van der Waals surface area (Å²) < 4.78 is 29.2. The van der Waals surface area contributed by atoms with Gasteiger partial charge < -0.3 is 0 Å². The Kier molecular flexibility index (Phi) is 6.66. The summed E-state index contributed by atoms with van der Waals surface area (Å²) in [6.07, 6.45) is 0.361. The number of hydrogen-bond acceptors (Lipinski definition) is 2. The zero-order valence-electron chi connectivity index (χ0n) is 6.47. The van der Waals surface area contributed by atoms with Crippen molar-refractivity contribution in [1.29, 1.82) is 0 Å². The Morgan fingerprint density at radius 1 is 1.15 bits per heavy atom. The van der Waals surface area contributed by atoms with Crippen LogP contribution >= 0.6 is 0 Å². The topological polar surface area (TPSA) is 54.4 Å². The molecule has 0 fully saturated rings. The summed E-state index contributed by atoms with van der Waals surface area (Å²) in [4.78, 5) is 0. The fourth-order valence-electron chi connectivity index (χ4n) is 0.892. The molecule has 1 aromatic rings. The van der Waals surface area contributed by atoms with E-state index in [1.54, 1.807) is 0 Å².